The number of unbranched alkanes of at least 4 members (excludes halogenated alkanes) is 16. The molecule has 0 radical (unpaired) electrons. The van der Waals surface area contributed by atoms with Crippen molar-refractivity contribution in [3.8, 4) is 100 Å². The van der Waals surface area contributed by atoms with Gasteiger partial charge in [0, 0.05) is 103 Å². The molecule has 10 heterocycles. The molecule has 0 atom stereocenters. The van der Waals surface area contributed by atoms with E-state index in [1.54, 1.807) is 11.1 Å². The molecule has 0 saturated heterocycles. The van der Waals surface area contributed by atoms with Crippen molar-refractivity contribution in [2.24, 2.45) is 0 Å². The Hall–Kier alpha value is -4.56. The highest BCUT2D eigenvalue weighted by Gasteiger charge is 2.43. The number of rotatable bonds is 33. The van der Waals surface area contributed by atoms with Gasteiger partial charge in [0.2, 0.25) is 0 Å². The number of hydrogen-bond donors (Lipinski definition) is 0. The zero-order chi connectivity index (χ0) is 63.9. The Kier molecular flexibility index (Phi) is 24.7. The third-order valence-corrected chi connectivity index (χ3v) is 30.8. The highest BCUT2D eigenvalue weighted by Crippen LogP contribution is 2.57. The van der Waals surface area contributed by atoms with Crippen LogP contribution in [0.4, 0.5) is 0 Å². The molecule has 12 aromatic rings. The van der Waals surface area contributed by atoms with Gasteiger partial charge in [-0.15, -0.1) is 113 Å². The normalized spacial score (nSPS) is 12.5. The van der Waals surface area contributed by atoms with Gasteiger partial charge >= 0.3 is 0 Å². The quantitative estimate of drug-likeness (QED) is 0.0360. The topological polar surface area (TPSA) is 0 Å². The fraction of sp³-hybridized carbons (Fsp3) is 0.373. The van der Waals surface area contributed by atoms with E-state index in [0.29, 0.717) is 0 Å². The second-order valence-electron chi connectivity index (χ2n) is 25.6. The molecule has 10 aromatic heterocycles. The van der Waals surface area contributed by atoms with Crippen LogP contribution >= 0.6 is 113 Å². The van der Waals surface area contributed by atoms with Crippen LogP contribution in [0, 0.1) is 13.8 Å². The largest absolute Gasteiger partial charge is 0.141 e. The number of benzene rings is 2. The molecule has 0 nitrogen and oxygen atoms in total. The molecule has 1 aliphatic rings. The van der Waals surface area contributed by atoms with E-state index in [1.165, 1.54) is 274 Å². The Balaban J connectivity index is 0.000000256. The molecule has 10 heteroatoms. The average Bonchev–Trinajstić information content (AvgIpc) is 1.56. The maximum absolute atomic E-state index is 2.64. The Bertz CT molecular complexity index is 4230. The van der Waals surface area contributed by atoms with E-state index < -0.39 is 0 Å². The van der Waals surface area contributed by atoms with E-state index in [0.717, 1.165) is 0 Å². The summed E-state index contributed by atoms with van der Waals surface area (Å²) in [5.41, 5.74) is 8.96. The van der Waals surface area contributed by atoms with Crippen LogP contribution in [0.5, 0.6) is 0 Å². The van der Waals surface area contributed by atoms with Gasteiger partial charge in [0.05, 0.1) is 0 Å². The zero-order valence-corrected chi connectivity index (χ0v) is 63.7. The molecule has 0 N–H and O–H groups in total. The molecule has 93 heavy (non-hydrogen) atoms. The maximum Gasteiger partial charge on any atom is 0.0449 e. The molecule has 0 aliphatic heterocycles. The minimum atomic E-state index is 0.0481. The van der Waals surface area contributed by atoms with E-state index in [1.807, 2.05) is 113 Å². The summed E-state index contributed by atoms with van der Waals surface area (Å²) in [5.74, 6) is 0. The van der Waals surface area contributed by atoms with E-state index in [2.05, 4.69) is 199 Å². The van der Waals surface area contributed by atoms with Gasteiger partial charge in [-0.3, -0.25) is 0 Å². The number of hydrogen-bond acceptors (Lipinski definition) is 10. The molecular formula is C83H92S10. The average molecular weight is 1410 g/mol. The smallest absolute Gasteiger partial charge is 0.0449 e. The van der Waals surface area contributed by atoms with Crippen LogP contribution in [0.2, 0.25) is 0 Å². The van der Waals surface area contributed by atoms with Crippen molar-refractivity contribution in [2.75, 3.05) is 0 Å². The van der Waals surface area contributed by atoms with Gasteiger partial charge in [0.1, 0.15) is 0 Å². The van der Waals surface area contributed by atoms with Crippen molar-refractivity contribution in [2.45, 2.75) is 201 Å². The van der Waals surface area contributed by atoms with Crippen molar-refractivity contribution in [3.05, 3.63) is 188 Å². The molecule has 484 valence electrons. The van der Waals surface area contributed by atoms with Crippen molar-refractivity contribution < 1.29 is 0 Å². The molecule has 1 aliphatic carbocycles. The molecule has 0 unspecified atom stereocenters. The Morgan fingerprint density at radius 3 is 0.839 bits per heavy atom. The number of thiophene rings is 10. The molecule has 0 saturated carbocycles. The monoisotopic (exact) mass is 1410 g/mol. The third-order valence-electron chi connectivity index (χ3n) is 18.5. The highest BCUT2D eigenvalue weighted by molar-refractivity contribution is 7.30. The van der Waals surface area contributed by atoms with E-state index in [9.17, 15) is 0 Å². The first kappa shape index (κ1) is 68.4. The van der Waals surface area contributed by atoms with Crippen LogP contribution in [0.3, 0.4) is 0 Å². The SMILES string of the molecule is CCCCCCCCC1(CCCCCCCC)c2cc(-c3ccc(C)s3)ccc2-c2ccc(-c3ccc(-c4ccc(-c5ccc(-c6ccc(-c7ccc(CCCCCC)s7)s6)s5)s4)s3)cc21.CCCCCCc1ccc(-c2ccc(-c3ccc(-c4ccc(C)s4)s3)s2)s1. The van der Waals surface area contributed by atoms with Gasteiger partial charge in [-0.25, -0.2) is 0 Å². The lowest BCUT2D eigenvalue weighted by Gasteiger charge is -2.33. The predicted molar refractivity (Wildman–Crippen MR) is 428 cm³/mol. The van der Waals surface area contributed by atoms with Crippen molar-refractivity contribution in [3.63, 3.8) is 0 Å². The summed E-state index contributed by atoms with van der Waals surface area (Å²) in [6.07, 6.45) is 31.6. The van der Waals surface area contributed by atoms with E-state index >= 15 is 0 Å². The summed E-state index contributed by atoms with van der Waals surface area (Å²) in [6, 6.07) is 61.4. The van der Waals surface area contributed by atoms with Gasteiger partial charge < -0.3 is 0 Å². The minimum absolute atomic E-state index is 0.0481. The van der Waals surface area contributed by atoms with Crippen LogP contribution in [-0.2, 0) is 18.3 Å². The fourth-order valence-electron chi connectivity index (χ4n) is 13.4. The second-order valence-corrected chi connectivity index (χ2v) is 37.0. The standard InChI is InChI=1S/C60H68S6.C23H24S4/c1-5-8-11-14-16-19-38-60(39-20-17-15-12-9-6-2)48-40-43(50-28-22-42(4)61-50)23-26-46(48)47-27-24-44(41-49(47)60)51-30-31-54(63-51)55-34-35-58(65-55)59-37-36-57(66-59)56-33-32-53(64-56)52-29-25-45(62-52)21-18-13-10-7-3;1-3-4-5-6-7-17-9-11-19(25-17)21-13-15-23(27-21)22-14-12-20(26-22)18-10-8-16(2)24-18/h22-37,40-41H,5-21,38-39H2,1-4H3;8-15H,3-7H2,1-2H3. The molecule has 0 bridgehead atoms. The number of aryl methyl sites for hydroxylation is 4. The molecular weight excluding hydrogens is 1320 g/mol. The molecule has 0 amide bonds. The lowest BCUT2D eigenvalue weighted by Crippen LogP contribution is -2.25. The molecule has 13 rings (SSSR count). The van der Waals surface area contributed by atoms with Crippen LogP contribution in [0.25, 0.3) is 100 Å². The third kappa shape index (κ3) is 17.1. The van der Waals surface area contributed by atoms with Crippen LogP contribution in [-0.4, -0.2) is 0 Å². The van der Waals surface area contributed by atoms with E-state index in [-0.39, 0.29) is 5.41 Å². The predicted octanol–water partition coefficient (Wildman–Crippen LogP) is 31.6. The second kappa shape index (κ2) is 33.6. The first-order valence-corrected chi connectivity index (χ1v) is 43.1. The summed E-state index contributed by atoms with van der Waals surface area (Å²) >= 11 is 19.4. The maximum atomic E-state index is 2.64. The van der Waals surface area contributed by atoms with Gasteiger partial charge in [-0.2, -0.15) is 0 Å². The zero-order valence-electron chi connectivity index (χ0n) is 55.6. The van der Waals surface area contributed by atoms with Gasteiger partial charge in [-0.1, -0.05) is 168 Å². The molecule has 0 spiro atoms. The Morgan fingerprint density at radius 2 is 0.495 bits per heavy atom. The summed E-state index contributed by atoms with van der Waals surface area (Å²) < 4.78 is 0. The Labute approximate surface area is 597 Å². The summed E-state index contributed by atoms with van der Waals surface area (Å²) in [4.78, 5) is 27.9. The lowest BCUT2D eigenvalue weighted by atomic mass is 9.70. The summed E-state index contributed by atoms with van der Waals surface area (Å²) in [7, 11) is 0. The number of fused-ring (bicyclic) bond motifs is 3. The van der Waals surface area contributed by atoms with Crippen molar-refractivity contribution >= 4 is 113 Å². The van der Waals surface area contributed by atoms with Crippen LogP contribution in [0.15, 0.2) is 158 Å². The van der Waals surface area contributed by atoms with Crippen LogP contribution < -0.4 is 0 Å². The van der Waals surface area contributed by atoms with Crippen molar-refractivity contribution in [1.82, 2.24) is 0 Å². The summed E-state index contributed by atoms with van der Waals surface area (Å²) in [5, 5.41) is 0. The molecule has 0 fully saturated rings. The highest BCUT2D eigenvalue weighted by atomic mass is 32.1. The van der Waals surface area contributed by atoms with Crippen molar-refractivity contribution in [1.29, 1.82) is 0 Å². The lowest BCUT2D eigenvalue weighted by molar-refractivity contribution is 0.398. The van der Waals surface area contributed by atoms with Crippen LogP contribution in [0.1, 0.15) is 200 Å². The minimum Gasteiger partial charge on any atom is -0.141 e. The van der Waals surface area contributed by atoms with Gasteiger partial charge in [-0.05, 0) is 219 Å². The fourth-order valence-corrected chi connectivity index (χ4v) is 23.9. The first-order chi connectivity index (χ1) is 45.7. The molecule has 2 aromatic carbocycles. The van der Waals surface area contributed by atoms with Gasteiger partial charge in [0.25, 0.3) is 0 Å². The van der Waals surface area contributed by atoms with E-state index in [4.69, 9.17) is 0 Å². The first-order valence-electron chi connectivity index (χ1n) is 34.9. The van der Waals surface area contributed by atoms with Gasteiger partial charge in [0.15, 0.2) is 0 Å². The summed E-state index contributed by atoms with van der Waals surface area (Å²) in [6.45, 7) is 13.6. The Morgan fingerprint density at radius 1 is 0.237 bits per heavy atom.